The van der Waals surface area contributed by atoms with Gasteiger partial charge in [0.2, 0.25) is 0 Å². The standard InChI is InChI=1S/C10H20BNO2/c1-8(13)7-9-3-5-10(6-4-9)12-11(2)14/h9-10,12,14H,3-7H2,1-2H3. The Morgan fingerprint density at radius 2 is 2.00 bits per heavy atom. The van der Waals surface area contributed by atoms with Gasteiger partial charge in [0, 0.05) is 6.42 Å². The van der Waals surface area contributed by atoms with Crippen LogP contribution < -0.4 is 5.23 Å². The number of nitrogens with one attached hydrogen (secondary N) is 1. The summed E-state index contributed by atoms with van der Waals surface area (Å²) >= 11 is 0. The van der Waals surface area contributed by atoms with E-state index in [2.05, 4.69) is 5.23 Å². The smallest absolute Gasteiger partial charge is 0.373 e. The molecule has 0 amide bonds. The van der Waals surface area contributed by atoms with Crippen molar-refractivity contribution in [1.82, 2.24) is 5.23 Å². The quantitative estimate of drug-likeness (QED) is 0.666. The molecule has 0 aromatic carbocycles. The molecular formula is C10H20BNO2. The molecule has 0 radical (unpaired) electrons. The summed E-state index contributed by atoms with van der Waals surface area (Å²) in [5.41, 5.74) is 0. The Morgan fingerprint density at radius 1 is 1.43 bits per heavy atom. The number of Topliss-reactive ketones (excluding diaryl/α,β-unsaturated/α-hetero) is 1. The van der Waals surface area contributed by atoms with Crippen LogP contribution in [-0.2, 0) is 4.79 Å². The summed E-state index contributed by atoms with van der Waals surface area (Å²) in [5.74, 6) is 0.886. The number of carbonyl (C=O) groups excluding carboxylic acids is 1. The maximum absolute atomic E-state index is 10.9. The van der Waals surface area contributed by atoms with Gasteiger partial charge < -0.3 is 15.0 Å². The Balaban J connectivity index is 2.21. The van der Waals surface area contributed by atoms with Crippen LogP contribution in [0.2, 0.25) is 6.82 Å². The number of rotatable bonds is 4. The largest absolute Gasteiger partial charge is 0.437 e. The van der Waals surface area contributed by atoms with Gasteiger partial charge in [-0.15, -0.1) is 0 Å². The third-order valence-electron chi connectivity index (χ3n) is 2.90. The first-order chi connectivity index (χ1) is 6.58. The average Bonchev–Trinajstić information content (AvgIpc) is 2.06. The fraction of sp³-hybridized carbons (Fsp3) is 0.900. The second-order valence-corrected chi connectivity index (χ2v) is 4.47. The van der Waals surface area contributed by atoms with Crippen LogP contribution in [-0.4, -0.2) is 23.9 Å². The summed E-state index contributed by atoms with van der Waals surface area (Å²) in [4.78, 5) is 10.9. The number of carbonyl (C=O) groups is 1. The molecule has 0 aromatic heterocycles. The molecule has 1 rings (SSSR count). The van der Waals surface area contributed by atoms with Gasteiger partial charge in [0.1, 0.15) is 5.78 Å². The summed E-state index contributed by atoms with van der Waals surface area (Å²) in [6.07, 6.45) is 5.14. The third-order valence-corrected chi connectivity index (χ3v) is 2.90. The molecule has 0 unspecified atom stereocenters. The van der Waals surface area contributed by atoms with Gasteiger partial charge in [0.25, 0.3) is 0 Å². The van der Waals surface area contributed by atoms with E-state index < -0.39 is 7.05 Å². The highest BCUT2D eigenvalue weighted by Crippen LogP contribution is 2.26. The van der Waals surface area contributed by atoms with E-state index in [0.29, 0.717) is 17.7 Å². The van der Waals surface area contributed by atoms with Crippen molar-refractivity contribution < 1.29 is 9.82 Å². The molecule has 0 aromatic rings. The number of hydrogen-bond donors (Lipinski definition) is 2. The maximum Gasteiger partial charge on any atom is 0.373 e. The molecule has 4 heteroatoms. The number of hydrogen-bond acceptors (Lipinski definition) is 3. The van der Waals surface area contributed by atoms with Crippen LogP contribution >= 0.6 is 0 Å². The molecule has 14 heavy (non-hydrogen) atoms. The molecule has 0 atom stereocenters. The lowest BCUT2D eigenvalue weighted by Crippen LogP contribution is -2.42. The summed E-state index contributed by atoms with van der Waals surface area (Å²) in [5, 5.41) is 12.3. The highest BCUT2D eigenvalue weighted by molar-refractivity contribution is 6.45. The Hall–Kier alpha value is -0.345. The van der Waals surface area contributed by atoms with E-state index in [9.17, 15) is 4.79 Å². The van der Waals surface area contributed by atoms with Crippen molar-refractivity contribution in [3.63, 3.8) is 0 Å². The average molecular weight is 197 g/mol. The molecule has 80 valence electrons. The van der Waals surface area contributed by atoms with E-state index in [4.69, 9.17) is 5.02 Å². The lowest BCUT2D eigenvalue weighted by molar-refractivity contribution is -0.118. The lowest BCUT2D eigenvalue weighted by atomic mass is 9.79. The van der Waals surface area contributed by atoms with E-state index >= 15 is 0 Å². The van der Waals surface area contributed by atoms with Gasteiger partial charge in [-0.3, -0.25) is 0 Å². The zero-order valence-corrected chi connectivity index (χ0v) is 9.12. The Kier molecular flexibility index (Phi) is 4.62. The van der Waals surface area contributed by atoms with Crippen molar-refractivity contribution in [2.24, 2.45) is 5.92 Å². The molecule has 2 N–H and O–H groups in total. The molecule has 0 bridgehead atoms. The van der Waals surface area contributed by atoms with Crippen LogP contribution in [0.1, 0.15) is 39.0 Å². The van der Waals surface area contributed by atoms with E-state index in [-0.39, 0.29) is 0 Å². The highest BCUT2D eigenvalue weighted by Gasteiger charge is 2.23. The summed E-state index contributed by atoms with van der Waals surface area (Å²) in [6, 6.07) is 0.443. The van der Waals surface area contributed by atoms with Crippen LogP contribution in [0.4, 0.5) is 0 Å². The molecule has 0 aliphatic heterocycles. The van der Waals surface area contributed by atoms with Crippen LogP contribution in [0.15, 0.2) is 0 Å². The fourth-order valence-electron chi connectivity index (χ4n) is 2.28. The third kappa shape index (κ3) is 4.25. The summed E-state index contributed by atoms with van der Waals surface area (Å²) < 4.78 is 0. The second kappa shape index (κ2) is 5.52. The van der Waals surface area contributed by atoms with E-state index in [1.165, 1.54) is 0 Å². The Morgan fingerprint density at radius 3 is 2.43 bits per heavy atom. The molecule has 0 spiro atoms. The van der Waals surface area contributed by atoms with Crippen LogP contribution in [0, 0.1) is 5.92 Å². The first-order valence-corrected chi connectivity index (χ1v) is 5.51. The van der Waals surface area contributed by atoms with Gasteiger partial charge in [-0.1, -0.05) is 0 Å². The highest BCUT2D eigenvalue weighted by atomic mass is 16.2. The van der Waals surface area contributed by atoms with E-state index in [0.717, 1.165) is 32.1 Å². The van der Waals surface area contributed by atoms with Crippen LogP contribution in [0.5, 0.6) is 0 Å². The molecule has 0 heterocycles. The zero-order valence-electron chi connectivity index (χ0n) is 9.12. The summed E-state index contributed by atoms with van der Waals surface area (Å²) in [7, 11) is -0.413. The monoisotopic (exact) mass is 197 g/mol. The minimum Gasteiger partial charge on any atom is -0.437 e. The molecule has 0 saturated heterocycles. The van der Waals surface area contributed by atoms with Crippen molar-refractivity contribution in [1.29, 1.82) is 0 Å². The van der Waals surface area contributed by atoms with Crippen molar-refractivity contribution in [3.8, 4) is 0 Å². The van der Waals surface area contributed by atoms with E-state index in [1.54, 1.807) is 13.7 Å². The lowest BCUT2D eigenvalue weighted by Gasteiger charge is -2.29. The molecule has 3 nitrogen and oxygen atoms in total. The first kappa shape index (κ1) is 11.7. The van der Waals surface area contributed by atoms with Crippen molar-refractivity contribution >= 4 is 12.8 Å². The molecule has 1 aliphatic carbocycles. The minimum absolute atomic E-state index is 0.303. The predicted molar refractivity (Wildman–Crippen MR) is 58.0 cm³/mol. The van der Waals surface area contributed by atoms with Gasteiger partial charge in [-0.05, 0) is 51.4 Å². The topological polar surface area (TPSA) is 49.3 Å². The molecule has 1 aliphatic rings. The molecule has 1 fully saturated rings. The maximum atomic E-state index is 10.9. The minimum atomic E-state index is -0.413. The number of ketones is 1. The summed E-state index contributed by atoms with van der Waals surface area (Å²) in [6.45, 7) is 3.42. The van der Waals surface area contributed by atoms with Crippen LogP contribution in [0.25, 0.3) is 0 Å². The normalized spacial score (nSPS) is 27.4. The van der Waals surface area contributed by atoms with Crippen molar-refractivity contribution in [3.05, 3.63) is 0 Å². The van der Waals surface area contributed by atoms with Crippen molar-refractivity contribution in [2.45, 2.75) is 51.9 Å². The molecular weight excluding hydrogens is 177 g/mol. The molecule has 1 saturated carbocycles. The van der Waals surface area contributed by atoms with Crippen LogP contribution in [0.3, 0.4) is 0 Å². The van der Waals surface area contributed by atoms with Crippen molar-refractivity contribution in [2.75, 3.05) is 0 Å². The van der Waals surface area contributed by atoms with Gasteiger partial charge >= 0.3 is 7.05 Å². The zero-order chi connectivity index (χ0) is 10.6. The Labute approximate surface area is 86.4 Å². The SMILES string of the molecule is CB(O)NC1CCC(CC(C)=O)CC1. The van der Waals surface area contributed by atoms with Gasteiger partial charge in [-0.2, -0.15) is 0 Å². The predicted octanol–water partition coefficient (Wildman–Crippen LogP) is 1.22. The van der Waals surface area contributed by atoms with Gasteiger partial charge in [-0.25, -0.2) is 0 Å². The fourth-order valence-corrected chi connectivity index (χ4v) is 2.28. The van der Waals surface area contributed by atoms with Gasteiger partial charge in [0.15, 0.2) is 0 Å². The first-order valence-electron chi connectivity index (χ1n) is 5.51. The van der Waals surface area contributed by atoms with E-state index in [1.807, 2.05) is 0 Å². The Bertz CT molecular complexity index is 189. The van der Waals surface area contributed by atoms with Gasteiger partial charge in [0.05, 0.1) is 0 Å². The second-order valence-electron chi connectivity index (χ2n) is 4.47.